The van der Waals surface area contributed by atoms with Crippen LogP contribution in [0.3, 0.4) is 0 Å². The molecule has 0 aliphatic carbocycles. The van der Waals surface area contributed by atoms with Gasteiger partial charge in [-0.1, -0.05) is 18.2 Å². The van der Waals surface area contributed by atoms with Crippen LogP contribution in [0.2, 0.25) is 0 Å². The van der Waals surface area contributed by atoms with E-state index >= 15 is 0 Å². The number of likely N-dealkylation sites (tertiary alicyclic amines) is 1. The van der Waals surface area contributed by atoms with Gasteiger partial charge >= 0.3 is 0 Å². The Labute approximate surface area is 163 Å². The van der Waals surface area contributed by atoms with Gasteiger partial charge in [-0.3, -0.25) is 4.79 Å². The van der Waals surface area contributed by atoms with Crippen LogP contribution in [0.15, 0.2) is 42.6 Å². The van der Waals surface area contributed by atoms with E-state index in [1.165, 1.54) is 0 Å². The minimum atomic E-state index is 0.000559. The summed E-state index contributed by atoms with van der Waals surface area (Å²) < 4.78 is 4.00. The van der Waals surface area contributed by atoms with Crippen molar-refractivity contribution in [2.45, 2.75) is 31.8 Å². The van der Waals surface area contributed by atoms with Gasteiger partial charge in [0.05, 0.1) is 12.2 Å². The Morgan fingerprint density at radius 3 is 2.68 bits per heavy atom. The van der Waals surface area contributed by atoms with Gasteiger partial charge in [-0.15, -0.1) is 10.2 Å². The van der Waals surface area contributed by atoms with Crippen LogP contribution in [-0.2, 0) is 13.1 Å². The molecule has 28 heavy (non-hydrogen) atoms. The third kappa shape index (κ3) is 3.09. The van der Waals surface area contributed by atoms with Crippen molar-refractivity contribution in [2.75, 3.05) is 19.6 Å². The monoisotopic (exact) mass is 377 g/mol. The van der Waals surface area contributed by atoms with Crippen molar-refractivity contribution >= 4 is 5.91 Å². The fourth-order valence-corrected chi connectivity index (χ4v) is 4.08. The van der Waals surface area contributed by atoms with E-state index in [0.29, 0.717) is 11.6 Å². The maximum Gasteiger partial charge on any atom is 0.274 e. The molecule has 2 aliphatic heterocycles. The van der Waals surface area contributed by atoms with E-state index in [1.54, 1.807) is 10.7 Å². The molecule has 0 saturated carbocycles. The van der Waals surface area contributed by atoms with Gasteiger partial charge in [0.25, 0.3) is 5.91 Å². The predicted octanol–water partition coefficient (Wildman–Crippen LogP) is 1.59. The van der Waals surface area contributed by atoms with Gasteiger partial charge in [-0.05, 0) is 31.0 Å². The minimum absolute atomic E-state index is 0.000559. The zero-order valence-electron chi connectivity index (χ0n) is 15.7. The molecule has 3 aromatic rings. The summed E-state index contributed by atoms with van der Waals surface area (Å²) in [4.78, 5) is 14.8. The molecular formula is C20H23N7O. The molecule has 5 rings (SSSR count). The number of rotatable bonds is 3. The first-order chi connectivity index (χ1) is 13.8. The molecule has 2 aromatic heterocycles. The third-order valence-corrected chi connectivity index (χ3v) is 5.63. The number of aromatic nitrogens is 5. The van der Waals surface area contributed by atoms with Gasteiger partial charge in [0.2, 0.25) is 0 Å². The average molecular weight is 377 g/mol. The Kier molecular flexibility index (Phi) is 4.40. The zero-order valence-corrected chi connectivity index (χ0v) is 15.7. The lowest BCUT2D eigenvalue weighted by Gasteiger charge is -2.31. The molecule has 1 N–H and O–H groups in total. The third-order valence-electron chi connectivity index (χ3n) is 5.63. The van der Waals surface area contributed by atoms with Crippen molar-refractivity contribution in [3.63, 3.8) is 0 Å². The maximum atomic E-state index is 12.9. The zero-order chi connectivity index (χ0) is 18.9. The van der Waals surface area contributed by atoms with E-state index < -0.39 is 0 Å². The van der Waals surface area contributed by atoms with Gasteiger partial charge in [0.1, 0.15) is 11.6 Å². The smallest absolute Gasteiger partial charge is 0.274 e. The highest BCUT2D eigenvalue weighted by atomic mass is 16.2. The maximum absolute atomic E-state index is 12.9. The van der Waals surface area contributed by atoms with Gasteiger partial charge in [-0.2, -0.15) is 5.10 Å². The summed E-state index contributed by atoms with van der Waals surface area (Å²) in [5, 5.41) is 16.6. The second kappa shape index (κ2) is 7.20. The molecular weight excluding hydrogens is 354 g/mol. The number of benzene rings is 1. The summed E-state index contributed by atoms with van der Waals surface area (Å²) in [6.07, 6.45) is 3.67. The fourth-order valence-electron chi connectivity index (χ4n) is 4.08. The standard InChI is InChI=1S/C20H23N7O/c28-20(17-8-12-27(24-17)16-4-2-1-3-5-16)25-10-6-15(7-11-25)19-23-22-18-14-21-9-13-26(18)19/h1-5,8,12,15,21H,6-7,9-11,13-14H2. The SMILES string of the molecule is O=C(c1ccn(-c2ccccc2)n1)N1CCC(c2nnc3n2CCNC3)CC1. The van der Waals surface area contributed by atoms with E-state index in [9.17, 15) is 4.79 Å². The van der Waals surface area contributed by atoms with Gasteiger partial charge in [-0.25, -0.2) is 4.68 Å². The lowest BCUT2D eigenvalue weighted by molar-refractivity contribution is 0.0703. The summed E-state index contributed by atoms with van der Waals surface area (Å²) in [6, 6.07) is 11.6. The van der Waals surface area contributed by atoms with Crippen LogP contribution >= 0.6 is 0 Å². The quantitative estimate of drug-likeness (QED) is 0.750. The number of hydrogen-bond acceptors (Lipinski definition) is 5. The highest BCUT2D eigenvalue weighted by Crippen LogP contribution is 2.28. The largest absolute Gasteiger partial charge is 0.337 e. The number of carbonyl (C=O) groups excluding carboxylic acids is 1. The molecule has 1 saturated heterocycles. The summed E-state index contributed by atoms with van der Waals surface area (Å²) in [6.45, 7) is 4.12. The van der Waals surface area contributed by atoms with Crippen molar-refractivity contribution in [1.29, 1.82) is 0 Å². The topological polar surface area (TPSA) is 80.9 Å². The highest BCUT2D eigenvalue weighted by molar-refractivity contribution is 5.92. The molecule has 4 heterocycles. The van der Waals surface area contributed by atoms with Crippen molar-refractivity contribution in [2.24, 2.45) is 0 Å². The first-order valence-electron chi connectivity index (χ1n) is 9.82. The van der Waals surface area contributed by atoms with Gasteiger partial charge < -0.3 is 14.8 Å². The summed E-state index contributed by atoms with van der Waals surface area (Å²) >= 11 is 0. The highest BCUT2D eigenvalue weighted by Gasteiger charge is 2.29. The number of hydrogen-bond donors (Lipinski definition) is 1. The van der Waals surface area contributed by atoms with E-state index in [-0.39, 0.29) is 5.91 Å². The average Bonchev–Trinajstić information content (AvgIpc) is 3.42. The number of nitrogens with zero attached hydrogens (tertiary/aromatic N) is 6. The molecule has 0 radical (unpaired) electrons. The molecule has 0 atom stereocenters. The second-order valence-corrected chi connectivity index (χ2v) is 7.35. The minimum Gasteiger partial charge on any atom is -0.337 e. The number of amides is 1. The van der Waals surface area contributed by atoms with Crippen LogP contribution in [0.4, 0.5) is 0 Å². The normalized spacial score (nSPS) is 17.5. The van der Waals surface area contributed by atoms with Crippen LogP contribution < -0.4 is 5.32 Å². The van der Waals surface area contributed by atoms with Gasteiger partial charge in [0.15, 0.2) is 5.69 Å². The van der Waals surface area contributed by atoms with Crippen molar-refractivity contribution < 1.29 is 4.79 Å². The Hall–Kier alpha value is -3.00. The van der Waals surface area contributed by atoms with Crippen LogP contribution in [0.1, 0.15) is 40.9 Å². The molecule has 0 spiro atoms. The van der Waals surface area contributed by atoms with Crippen molar-refractivity contribution in [3.8, 4) is 5.69 Å². The fraction of sp³-hybridized carbons (Fsp3) is 0.400. The Morgan fingerprint density at radius 1 is 1.04 bits per heavy atom. The second-order valence-electron chi connectivity index (χ2n) is 7.35. The molecule has 8 nitrogen and oxygen atoms in total. The lowest BCUT2D eigenvalue weighted by atomic mass is 9.95. The lowest BCUT2D eigenvalue weighted by Crippen LogP contribution is -2.39. The van der Waals surface area contributed by atoms with Crippen LogP contribution in [-0.4, -0.2) is 55.0 Å². The van der Waals surface area contributed by atoms with Crippen molar-refractivity contribution in [1.82, 2.24) is 34.8 Å². The number of piperidine rings is 1. The number of nitrogens with one attached hydrogen (secondary N) is 1. The molecule has 1 amide bonds. The molecule has 8 heteroatoms. The molecule has 1 aromatic carbocycles. The molecule has 144 valence electrons. The Balaban J connectivity index is 1.25. The first kappa shape index (κ1) is 17.1. The van der Waals surface area contributed by atoms with E-state index in [2.05, 4.69) is 25.2 Å². The van der Waals surface area contributed by atoms with E-state index in [1.807, 2.05) is 41.4 Å². The molecule has 0 unspecified atom stereocenters. The first-order valence-corrected chi connectivity index (χ1v) is 9.82. The van der Waals surface area contributed by atoms with Crippen molar-refractivity contribution in [3.05, 3.63) is 59.9 Å². The Morgan fingerprint density at radius 2 is 1.86 bits per heavy atom. The van der Waals surface area contributed by atoms with Crippen LogP contribution in [0, 0.1) is 0 Å². The van der Waals surface area contributed by atoms with E-state index in [4.69, 9.17) is 0 Å². The molecule has 1 fully saturated rings. The molecule has 2 aliphatic rings. The molecule has 0 bridgehead atoms. The van der Waals surface area contributed by atoms with Crippen LogP contribution in [0.25, 0.3) is 5.69 Å². The number of para-hydroxylation sites is 1. The number of carbonyl (C=O) groups is 1. The number of fused-ring (bicyclic) bond motifs is 1. The summed E-state index contributed by atoms with van der Waals surface area (Å²) in [5.41, 5.74) is 1.44. The summed E-state index contributed by atoms with van der Waals surface area (Å²) in [7, 11) is 0. The van der Waals surface area contributed by atoms with Crippen LogP contribution in [0.5, 0.6) is 0 Å². The summed E-state index contributed by atoms with van der Waals surface area (Å²) in [5.74, 6) is 2.47. The Bertz CT molecular complexity index is 970. The predicted molar refractivity (Wildman–Crippen MR) is 103 cm³/mol. The van der Waals surface area contributed by atoms with Gasteiger partial charge in [0, 0.05) is 38.3 Å². The van der Waals surface area contributed by atoms with E-state index in [0.717, 1.165) is 62.9 Å².